The molecule has 0 aromatic carbocycles. The van der Waals surface area contributed by atoms with Crippen molar-refractivity contribution in [3.05, 3.63) is 35.7 Å². The number of carboxylic acids is 1. The smallest absolute Gasteiger partial charge is 0.307 e. The van der Waals surface area contributed by atoms with Crippen LogP contribution in [0.15, 0.2) is 24.4 Å². The molecule has 0 bridgehead atoms. The predicted molar refractivity (Wildman–Crippen MR) is 71.2 cm³/mol. The molecule has 1 heterocycles. The molecule has 1 saturated carbocycles. The first kappa shape index (κ1) is 12.8. The maximum atomic E-state index is 10.5. The fraction of sp³-hybridized carbons (Fsp3) is 0.467. The Morgan fingerprint density at radius 3 is 2.72 bits per heavy atom. The van der Waals surface area contributed by atoms with Gasteiger partial charge in [-0.3, -0.25) is 9.78 Å². The Labute approximate surface area is 108 Å². The normalized spacial score (nSPS) is 17.1. The summed E-state index contributed by atoms with van der Waals surface area (Å²) in [6.07, 6.45) is 12.6. The van der Waals surface area contributed by atoms with Gasteiger partial charge in [-0.15, -0.1) is 0 Å². The fourth-order valence-corrected chi connectivity index (χ4v) is 2.37. The Kier molecular flexibility index (Phi) is 4.51. The van der Waals surface area contributed by atoms with Gasteiger partial charge < -0.3 is 5.11 Å². The van der Waals surface area contributed by atoms with E-state index in [1.807, 2.05) is 12.1 Å². The van der Waals surface area contributed by atoms with Crippen molar-refractivity contribution >= 4 is 12.0 Å². The van der Waals surface area contributed by atoms with E-state index in [0.717, 1.165) is 11.3 Å². The highest BCUT2D eigenvalue weighted by Gasteiger charge is 2.09. The lowest BCUT2D eigenvalue weighted by molar-refractivity contribution is -0.136. The number of carboxylic acid groups (broad SMARTS) is 1. The van der Waals surface area contributed by atoms with Gasteiger partial charge in [-0.25, -0.2) is 0 Å². The molecule has 3 heteroatoms. The Balaban J connectivity index is 1.92. The van der Waals surface area contributed by atoms with E-state index in [1.54, 1.807) is 6.20 Å². The van der Waals surface area contributed by atoms with Gasteiger partial charge in [-0.2, -0.15) is 0 Å². The highest BCUT2D eigenvalue weighted by Crippen LogP contribution is 2.25. The Morgan fingerprint density at radius 2 is 2.11 bits per heavy atom. The minimum absolute atomic E-state index is 0.0413. The fourth-order valence-electron chi connectivity index (χ4n) is 2.37. The number of nitrogens with zero attached hydrogens (tertiary/aromatic N) is 1. The maximum Gasteiger partial charge on any atom is 0.307 e. The van der Waals surface area contributed by atoms with Crippen molar-refractivity contribution in [3.63, 3.8) is 0 Å². The second kappa shape index (κ2) is 6.34. The molecule has 0 amide bonds. The van der Waals surface area contributed by atoms with E-state index in [0.29, 0.717) is 5.92 Å². The van der Waals surface area contributed by atoms with E-state index in [-0.39, 0.29) is 6.42 Å². The van der Waals surface area contributed by atoms with E-state index in [9.17, 15) is 4.79 Å². The summed E-state index contributed by atoms with van der Waals surface area (Å²) in [5.74, 6) is -0.124. The highest BCUT2D eigenvalue weighted by atomic mass is 16.4. The lowest BCUT2D eigenvalue weighted by atomic mass is 9.89. The predicted octanol–water partition coefficient (Wildman–Crippen LogP) is 3.30. The van der Waals surface area contributed by atoms with Crippen LogP contribution in [0.3, 0.4) is 0 Å². The molecule has 0 radical (unpaired) electrons. The quantitative estimate of drug-likeness (QED) is 0.885. The Morgan fingerprint density at radius 1 is 1.33 bits per heavy atom. The van der Waals surface area contributed by atoms with Gasteiger partial charge >= 0.3 is 5.97 Å². The van der Waals surface area contributed by atoms with Crippen LogP contribution in [-0.2, 0) is 11.2 Å². The molecule has 0 saturated heterocycles. The van der Waals surface area contributed by atoms with E-state index in [1.165, 1.54) is 32.1 Å². The molecule has 0 aliphatic heterocycles. The van der Waals surface area contributed by atoms with Crippen LogP contribution >= 0.6 is 0 Å². The van der Waals surface area contributed by atoms with Crippen molar-refractivity contribution in [2.75, 3.05) is 0 Å². The third-order valence-electron chi connectivity index (χ3n) is 3.39. The number of pyridine rings is 1. The number of hydrogen-bond acceptors (Lipinski definition) is 2. The molecule has 1 aliphatic rings. The molecule has 0 atom stereocenters. The van der Waals surface area contributed by atoms with E-state index in [4.69, 9.17) is 5.11 Å². The van der Waals surface area contributed by atoms with Crippen molar-refractivity contribution in [2.45, 2.75) is 38.5 Å². The summed E-state index contributed by atoms with van der Waals surface area (Å²) in [5, 5.41) is 8.67. The zero-order valence-corrected chi connectivity index (χ0v) is 10.5. The second-order valence-electron chi connectivity index (χ2n) is 4.92. The van der Waals surface area contributed by atoms with Gasteiger partial charge in [-0.1, -0.05) is 31.4 Å². The summed E-state index contributed by atoms with van der Waals surface area (Å²) in [7, 11) is 0. The Hall–Kier alpha value is -1.64. The van der Waals surface area contributed by atoms with Crippen LogP contribution in [-0.4, -0.2) is 16.1 Å². The topological polar surface area (TPSA) is 50.2 Å². The lowest BCUT2D eigenvalue weighted by Crippen LogP contribution is -2.02. The van der Waals surface area contributed by atoms with Gasteiger partial charge in [0.15, 0.2) is 0 Å². The summed E-state index contributed by atoms with van der Waals surface area (Å²) >= 11 is 0. The zero-order valence-electron chi connectivity index (χ0n) is 10.5. The number of aliphatic carboxylic acids is 1. The van der Waals surface area contributed by atoms with Crippen LogP contribution in [0.5, 0.6) is 0 Å². The summed E-state index contributed by atoms with van der Waals surface area (Å²) in [6, 6.07) is 3.72. The Bertz CT molecular complexity index is 417. The van der Waals surface area contributed by atoms with Crippen molar-refractivity contribution in [1.29, 1.82) is 0 Å². The van der Waals surface area contributed by atoms with Crippen molar-refractivity contribution in [1.82, 2.24) is 4.98 Å². The zero-order chi connectivity index (χ0) is 12.8. The summed E-state index contributed by atoms with van der Waals surface area (Å²) < 4.78 is 0. The van der Waals surface area contributed by atoms with Crippen LogP contribution in [0.1, 0.15) is 43.4 Å². The summed E-state index contributed by atoms with van der Waals surface area (Å²) in [4.78, 5) is 14.8. The number of carbonyl (C=O) groups is 1. The molecule has 96 valence electrons. The summed E-state index contributed by atoms with van der Waals surface area (Å²) in [6.45, 7) is 0. The average Bonchev–Trinajstić information content (AvgIpc) is 2.38. The molecule has 18 heavy (non-hydrogen) atoms. The van der Waals surface area contributed by atoms with Gasteiger partial charge in [0.1, 0.15) is 0 Å². The van der Waals surface area contributed by atoms with Gasteiger partial charge in [-0.05, 0) is 36.5 Å². The molecule has 1 aliphatic carbocycles. The molecule has 1 fully saturated rings. The van der Waals surface area contributed by atoms with E-state index < -0.39 is 5.97 Å². The van der Waals surface area contributed by atoms with Crippen LogP contribution in [0, 0.1) is 5.92 Å². The van der Waals surface area contributed by atoms with Crippen LogP contribution in [0.4, 0.5) is 0 Å². The largest absolute Gasteiger partial charge is 0.481 e. The SMILES string of the molecule is O=C(O)Cc1ccc(C=CC2CCCCC2)nc1. The first-order chi connectivity index (χ1) is 8.74. The molecular weight excluding hydrogens is 226 g/mol. The van der Waals surface area contributed by atoms with Crippen LogP contribution in [0.2, 0.25) is 0 Å². The highest BCUT2D eigenvalue weighted by molar-refractivity contribution is 5.70. The maximum absolute atomic E-state index is 10.5. The van der Waals surface area contributed by atoms with Crippen LogP contribution < -0.4 is 0 Å². The number of rotatable bonds is 4. The van der Waals surface area contributed by atoms with Gasteiger partial charge in [0.25, 0.3) is 0 Å². The van der Waals surface area contributed by atoms with Gasteiger partial charge in [0.05, 0.1) is 12.1 Å². The standard InChI is InChI=1S/C15H19NO2/c17-15(18)10-13-7-9-14(16-11-13)8-6-12-4-2-1-3-5-12/h6-9,11-12H,1-5,10H2,(H,17,18). The number of aromatic nitrogens is 1. The summed E-state index contributed by atoms with van der Waals surface area (Å²) in [5.41, 5.74) is 1.66. The van der Waals surface area contributed by atoms with E-state index in [2.05, 4.69) is 17.1 Å². The monoisotopic (exact) mass is 245 g/mol. The second-order valence-corrected chi connectivity index (χ2v) is 4.92. The minimum atomic E-state index is -0.817. The molecule has 1 N–H and O–H groups in total. The third kappa shape index (κ3) is 3.99. The first-order valence-electron chi connectivity index (χ1n) is 6.59. The van der Waals surface area contributed by atoms with Crippen molar-refractivity contribution in [2.24, 2.45) is 5.92 Å². The molecule has 1 aromatic rings. The van der Waals surface area contributed by atoms with Crippen molar-refractivity contribution < 1.29 is 9.90 Å². The first-order valence-corrected chi connectivity index (χ1v) is 6.59. The molecule has 0 unspecified atom stereocenters. The molecule has 2 rings (SSSR count). The van der Waals surface area contributed by atoms with Crippen LogP contribution in [0.25, 0.3) is 6.08 Å². The van der Waals surface area contributed by atoms with Gasteiger partial charge in [0, 0.05) is 6.20 Å². The van der Waals surface area contributed by atoms with E-state index >= 15 is 0 Å². The van der Waals surface area contributed by atoms with Crippen molar-refractivity contribution in [3.8, 4) is 0 Å². The third-order valence-corrected chi connectivity index (χ3v) is 3.39. The molecule has 1 aromatic heterocycles. The number of allylic oxidation sites excluding steroid dienone is 1. The molecule has 3 nitrogen and oxygen atoms in total. The minimum Gasteiger partial charge on any atom is -0.481 e. The average molecular weight is 245 g/mol. The number of hydrogen-bond donors (Lipinski definition) is 1. The molecular formula is C15H19NO2. The molecule has 0 spiro atoms. The van der Waals surface area contributed by atoms with Gasteiger partial charge in [0.2, 0.25) is 0 Å². The lowest BCUT2D eigenvalue weighted by Gasteiger charge is -2.17.